The van der Waals surface area contributed by atoms with E-state index < -0.39 is 0 Å². The van der Waals surface area contributed by atoms with Crippen LogP contribution >= 0.6 is 0 Å². The Hall–Kier alpha value is -1.13. The van der Waals surface area contributed by atoms with Gasteiger partial charge in [0, 0.05) is 38.8 Å². The van der Waals surface area contributed by atoms with Crippen LogP contribution in [-0.2, 0) is 0 Å². The van der Waals surface area contributed by atoms with E-state index in [1.54, 1.807) is 6.07 Å². The summed E-state index contributed by atoms with van der Waals surface area (Å²) in [6, 6.07) is 5.80. The van der Waals surface area contributed by atoms with E-state index in [4.69, 9.17) is 0 Å². The molecule has 21 heavy (non-hydrogen) atoms. The van der Waals surface area contributed by atoms with Crippen LogP contribution in [0.25, 0.3) is 0 Å². The van der Waals surface area contributed by atoms with E-state index in [2.05, 4.69) is 29.0 Å². The zero-order chi connectivity index (χ0) is 15.4. The van der Waals surface area contributed by atoms with Crippen LogP contribution < -0.4 is 10.2 Å². The highest BCUT2D eigenvalue weighted by atomic mass is 19.1. The van der Waals surface area contributed by atoms with Gasteiger partial charge in [-0.2, -0.15) is 0 Å². The van der Waals surface area contributed by atoms with Crippen LogP contribution in [0.2, 0.25) is 0 Å². The van der Waals surface area contributed by atoms with Gasteiger partial charge in [0.1, 0.15) is 5.82 Å². The topological polar surface area (TPSA) is 18.5 Å². The molecular formula is C17H28FN3. The number of benzene rings is 1. The number of piperazine rings is 1. The highest BCUT2D eigenvalue weighted by Gasteiger charge is 2.20. The smallest absolute Gasteiger partial charge is 0.146 e. The lowest BCUT2D eigenvalue weighted by atomic mass is 10.1. The summed E-state index contributed by atoms with van der Waals surface area (Å²) < 4.78 is 14.4. The molecule has 0 radical (unpaired) electrons. The highest BCUT2D eigenvalue weighted by molar-refractivity contribution is 5.50. The third-order valence-corrected chi connectivity index (χ3v) is 4.24. The third kappa shape index (κ3) is 4.17. The second kappa shape index (κ2) is 7.23. The SMILES string of the molecule is CNC(C)c1ccc(N2CCN(CC(C)C)CC2)c(F)c1. The van der Waals surface area contributed by atoms with Crippen LogP contribution in [0.4, 0.5) is 10.1 Å². The Morgan fingerprint density at radius 2 is 1.81 bits per heavy atom. The summed E-state index contributed by atoms with van der Waals surface area (Å²) in [6.07, 6.45) is 0. The Balaban J connectivity index is 2.00. The van der Waals surface area contributed by atoms with Gasteiger partial charge < -0.3 is 10.2 Å². The average Bonchev–Trinajstić information content (AvgIpc) is 2.47. The van der Waals surface area contributed by atoms with Gasteiger partial charge in [-0.05, 0) is 37.6 Å². The number of halogens is 1. The van der Waals surface area contributed by atoms with Crippen LogP contribution in [0.1, 0.15) is 32.4 Å². The van der Waals surface area contributed by atoms with Crippen LogP contribution in [0.5, 0.6) is 0 Å². The zero-order valence-electron chi connectivity index (χ0n) is 13.7. The van der Waals surface area contributed by atoms with E-state index in [0.717, 1.165) is 44.0 Å². The van der Waals surface area contributed by atoms with Gasteiger partial charge in [0.25, 0.3) is 0 Å². The molecule has 1 aliphatic rings. The number of hydrogen-bond donors (Lipinski definition) is 1. The first-order chi connectivity index (χ1) is 10.0. The van der Waals surface area contributed by atoms with Gasteiger partial charge >= 0.3 is 0 Å². The van der Waals surface area contributed by atoms with Gasteiger partial charge in [-0.1, -0.05) is 19.9 Å². The number of rotatable bonds is 5. The van der Waals surface area contributed by atoms with E-state index in [0.29, 0.717) is 5.92 Å². The lowest BCUT2D eigenvalue weighted by molar-refractivity contribution is 0.231. The minimum Gasteiger partial charge on any atom is -0.367 e. The van der Waals surface area contributed by atoms with Crippen molar-refractivity contribution in [3.63, 3.8) is 0 Å². The molecule has 1 aromatic rings. The van der Waals surface area contributed by atoms with E-state index in [-0.39, 0.29) is 11.9 Å². The van der Waals surface area contributed by atoms with E-state index in [1.807, 2.05) is 26.1 Å². The number of nitrogens with one attached hydrogen (secondary N) is 1. The van der Waals surface area contributed by atoms with Crippen molar-refractivity contribution in [2.75, 3.05) is 44.7 Å². The molecule has 0 amide bonds. The molecule has 1 aromatic carbocycles. The third-order valence-electron chi connectivity index (χ3n) is 4.24. The minimum atomic E-state index is -0.105. The van der Waals surface area contributed by atoms with Crippen LogP contribution in [0.15, 0.2) is 18.2 Å². The standard InChI is InChI=1S/C17H28FN3/c1-13(2)12-20-7-9-21(10-8-20)17-6-5-15(11-16(17)18)14(3)19-4/h5-6,11,13-14,19H,7-10,12H2,1-4H3. The largest absolute Gasteiger partial charge is 0.367 e. The lowest BCUT2D eigenvalue weighted by Crippen LogP contribution is -2.47. The van der Waals surface area contributed by atoms with Crippen molar-refractivity contribution >= 4 is 5.69 Å². The number of anilines is 1. The van der Waals surface area contributed by atoms with E-state index >= 15 is 0 Å². The molecule has 1 N–H and O–H groups in total. The Kier molecular flexibility index (Phi) is 5.59. The molecule has 0 spiro atoms. The molecule has 0 aromatic heterocycles. The average molecular weight is 293 g/mol. The van der Waals surface area contributed by atoms with Gasteiger partial charge in [0.05, 0.1) is 5.69 Å². The van der Waals surface area contributed by atoms with Crippen molar-refractivity contribution in [1.82, 2.24) is 10.2 Å². The van der Waals surface area contributed by atoms with Crippen LogP contribution in [0.3, 0.4) is 0 Å². The minimum absolute atomic E-state index is 0.105. The molecule has 1 atom stereocenters. The summed E-state index contributed by atoms with van der Waals surface area (Å²) in [4.78, 5) is 4.64. The van der Waals surface area contributed by atoms with Crippen LogP contribution in [-0.4, -0.2) is 44.7 Å². The predicted molar refractivity (Wildman–Crippen MR) is 87.4 cm³/mol. The van der Waals surface area contributed by atoms with Crippen molar-refractivity contribution in [1.29, 1.82) is 0 Å². The molecule has 1 fully saturated rings. The van der Waals surface area contributed by atoms with Crippen molar-refractivity contribution < 1.29 is 4.39 Å². The summed E-state index contributed by atoms with van der Waals surface area (Å²) in [7, 11) is 1.89. The van der Waals surface area contributed by atoms with E-state index in [1.165, 1.54) is 0 Å². The monoisotopic (exact) mass is 293 g/mol. The Morgan fingerprint density at radius 3 is 2.33 bits per heavy atom. The maximum Gasteiger partial charge on any atom is 0.146 e. The maximum atomic E-state index is 14.4. The fraction of sp³-hybridized carbons (Fsp3) is 0.647. The Bertz CT molecular complexity index is 453. The van der Waals surface area contributed by atoms with Gasteiger partial charge in [-0.15, -0.1) is 0 Å². The van der Waals surface area contributed by atoms with Gasteiger partial charge in [0.2, 0.25) is 0 Å². The van der Waals surface area contributed by atoms with Crippen molar-refractivity contribution in [2.45, 2.75) is 26.8 Å². The van der Waals surface area contributed by atoms with Gasteiger partial charge in [0.15, 0.2) is 0 Å². The summed E-state index contributed by atoms with van der Waals surface area (Å²) in [5.74, 6) is 0.586. The first-order valence-electron chi connectivity index (χ1n) is 7.95. The molecule has 2 rings (SSSR count). The second-order valence-corrected chi connectivity index (χ2v) is 6.40. The molecule has 1 heterocycles. The molecular weight excluding hydrogens is 265 g/mol. The highest BCUT2D eigenvalue weighted by Crippen LogP contribution is 2.24. The summed E-state index contributed by atoms with van der Waals surface area (Å²) in [5, 5.41) is 3.14. The van der Waals surface area contributed by atoms with E-state index in [9.17, 15) is 4.39 Å². The lowest BCUT2D eigenvalue weighted by Gasteiger charge is -2.37. The second-order valence-electron chi connectivity index (χ2n) is 6.40. The summed E-state index contributed by atoms with van der Waals surface area (Å²) in [5.41, 5.74) is 1.74. The van der Waals surface area contributed by atoms with Crippen molar-refractivity contribution in [2.24, 2.45) is 5.92 Å². The molecule has 0 aliphatic carbocycles. The number of hydrogen-bond acceptors (Lipinski definition) is 3. The predicted octanol–water partition coefficient (Wildman–Crippen LogP) is 2.88. The molecule has 0 saturated carbocycles. The van der Waals surface area contributed by atoms with Crippen molar-refractivity contribution in [3.05, 3.63) is 29.6 Å². The molecule has 4 heteroatoms. The quantitative estimate of drug-likeness (QED) is 0.900. The molecule has 1 aliphatic heterocycles. The van der Waals surface area contributed by atoms with Gasteiger partial charge in [-0.25, -0.2) is 4.39 Å². The van der Waals surface area contributed by atoms with Gasteiger partial charge in [-0.3, -0.25) is 4.90 Å². The Morgan fingerprint density at radius 1 is 1.14 bits per heavy atom. The van der Waals surface area contributed by atoms with Crippen molar-refractivity contribution in [3.8, 4) is 0 Å². The normalized spacial score (nSPS) is 18.3. The zero-order valence-corrected chi connectivity index (χ0v) is 13.7. The number of nitrogens with zero attached hydrogens (tertiary/aromatic N) is 2. The summed E-state index contributed by atoms with van der Waals surface area (Å²) >= 11 is 0. The Labute approximate surface area is 128 Å². The first-order valence-corrected chi connectivity index (χ1v) is 7.95. The summed E-state index contributed by atoms with van der Waals surface area (Å²) in [6.45, 7) is 11.5. The fourth-order valence-electron chi connectivity index (χ4n) is 2.90. The molecule has 0 bridgehead atoms. The molecule has 3 nitrogen and oxygen atoms in total. The maximum absolute atomic E-state index is 14.4. The molecule has 118 valence electrons. The molecule has 1 saturated heterocycles. The fourth-order valence-corrected chi connectivity index (χ4v) is 2.90. The molecule has 1 unspecified atom stereocenters. The first kappa shape index (κ1) is 16.2. The van der Waals surface area contributed by atoms with Crippen LogP contribution in [0, 0.1) is 11.7 Å².